The molecule has 0 bridgehead atoms. The van der Waals surface area contributed by atoms with Crippen LogP contribution < -0.4 is 5.32 Å². The molecule has 1 atom stereocenters. The first-order valence-corrected chi connectivity index (χ1v) is 5.00. The van der Waals surface area contributed by atoms with Gasteiger partial charge < -0.3 is 9.73 Å². The van der Waals surface area contributed by atoms with Gasteiger partial charge in [-0.15, -0.1) is 0 Å². The normalized spacial score (nSPS) is 21.9. The number of fused-ring (bicyclic) bond motifs is 1. The molecular formula is C11H12N2O. The summed E-state index contributed by atoms with van der Waals surface area (Å²) in [5.41, 5.74) is 2.00. The molecule has 3 nitrogen and oxygen atoms in total. The molecule has 1 N–H and O–H groups in total. The first-order valence-electron chi connectivity index (χ1n) is 5.00. The maximum absolute atomic E-state index is 5.41. The summed E-state index contributed by atoms with van der Waals surface area (Å²) in [6, 6.07) is 4.48. The number of rotatable bonds is 1. The molecule has 1 unspecified atom stereocenters. The van der Waals surface area contributed by atoms with Crippen molar-refractivity contribution < 1.29 is 4.42 Å². The summed E-state index contributed by atoms with van der Waals surface area (Å²) in [6.45, 7) is 1.11. The van der Waals surface area contributed by atoms with Gasteiger partial charge in [0.2, 0.25) is 5.71 Å². The van der Waals surface area contributed by atoms with Gasteiger partial charge in [0.1, 0.15) is 0 Å². The van der Waals surface area contributed by atoms with Crippen LogP contribution in [-0.2, 0) is 0 Å². The zero-order valence-electron chi connectivity index (χ0n) is 7.86. The van der Waals surface area contributed by atoms with Crippen molar-refractivity contribution >= 4 is 11.1 Å². The van der Waals surface area contributed by atoms with Crippen LogP contribution in [0.25, 0.3) is 11.1 Å². The van der Waals surface area contributed by atoms with Crippen LogP contribution in [0.5, 0.6) is 0 Å². The molecule has 1 saturated heterocycles. The molecule has 1 aliphatic heterocycles. The zero-order chi connectivity index (χ0) is 9.38. The molecule has 1 fully saturated rings. The predicted molar refractivity (Wildman–Crippen MR) is 54.0 cm³/mol. The SMILES string of the molecule is c1cnc2occ(C3CCCN3)c2c1. The van der Waals surface area contributed by atoms with E-state index in [2.05, 4.69) is 16.4 Å². The number of pyridine rings is 1. The van der Waals surface area contributed by atoms with Crippen molar-refractivity contribution in [1.29, 1.82) is 0 Å². The molecule has 0 aromatic carbocycles. The number of hydrogen-bond acceptors (Lipinski definition) is 3. The Morgan fingerprint density at radius 3 is 3.36 bits per heavy atom. The number of hydrogen-bond donors (Lipinski definition) is 1. The van der Waals surface area contributed by atoms with E-state index in [0.717, 1.165) is 17.6 Å². The van der Waals surface area contributed by atoms with E-state index >= 15 is 0 Å². The van der Waals surface area contributed by atoms with E-state index in [1.54, 1.807) is 6.20 Å². The summed E-state index contributed by atoms with van der Waals surface area (Å²) in [4.78, 5) is 4.18. The van der Waals surface area contributed by atoms with Crippen molar-refractivity contribution in [2.75, 3.05) is 6.54 Å². The summed E-state index contributed by atoms with van der Waals surface area (Å²) < 4.78 is 5.41. The first-order chi connectivity index (χ1) is 6.95. The van der Waals surface area contributed by atoms with E-state index in [-0.39, 0.29) is 0 Å². The van der Waals surface area contributed by atoms with E-state index < -0.39 is 0 Å². The fourth-order valence-corrected chi connectivity index (χ4v) is 2.11. The van der Waals surface area contributed by atoms with Crippen LogP contribution in [0.2, 0.25) is 0 Å². The second-order valence-electron chi connectivity index (χ2n) is 3.70. The quantitative estimate of drug-likeness (QED) is 0.745. The minimum atomic E-state index is 0.459. The summed E-state index contributed by atoms with van der Waals surface area (Å²) in [5, 5.41) is 4.61. The number of nitrogens with one attached hydrogen (secondary N) is 1. The van der Waals surface area contributed by atoms with Crippen molar-refractivity contribution in [3.8, 4) is 0 Å². The monoisotopic (exact) mass is 188 g/mol. The molecule has 0 amide bonds. The second kappa shape index (κ2) is 3.10. The summed E-state index contributed by atoms with van der Waals surface area (Å²) in [5.74, 6) is 0. The number of nitrogens with zero attached hydrogens (tertiary/aromatic N) is 1. The average molecular weight is 188 g/mol. The van der Waals surface area contributed by atoms with Gasteiger partial charge in [0.05, 0.1) is 6.26 Å². The van der Waals surface area contributed by atoms with Gasteiger partial charge in [0.25, 0.3) is 0 Å². The van der Waals surface area contributed by atoms with Crippen LogP contribution in [0.3, 0.4) is 0 Å². The van der Waals surface area contributed by atoms with Crippen LogP contribution >= 0.6 is 0 Å². The van der Waals surface area contributed by atoms with Crippen LogP contribution in [-0.4, -0.2) is 11.5 Å². The van der Waals surface area contributed by atoms with E-state index in [1.807, 2.05) is 12.3 Å². The highest BCUT2D eigenvalue weighted by atomic mass is 16.3. The van der Waals surface area contributed by atoms with E-state index in [4.69, 9.17) is 4.42 Å². The van der Waals surface area contributed by atoms with Crippen molar-refractivity contribution in [2.45, 2.75) is 18.9 Å². The van der Waals surface area contributed by atoms with E-state index in [0.29, 0.717) is 6.04 Å². The summed E-state index contributed by atoms with van der Waals surface area (Å²) in [7, 11) is 0. The molecule has 2 aromatic rings. The van der Waals surface area contributed by atoms with Crippen molar-refractivity contribution in [3.05, 3.63) is 30.2 Å². The van der Waals surface area contributed by atoms with Gasteiger partial charge in [-0.25, -0.2) is 4.98 Å². The number of aromatic nitrogens is 1. The molecule has 0 radical (unpaired) electrons. The molecule has 72 valence electrons. The molecular weight excluding hydrogens is 176 g/mol. The molecule has 2 aromatic heterocycles. The Morgan fingerprint density at radius 1 is 1.50 bits per heavy atom. The zero-order valence-corrected chi connectivity index (χ0v) is 7.86. The molecule has 14 heavy (non-hydrogen) atoms. The standard InChI is InChI=1S/C11H12N2O/c1-3-8-9(10-4-2-5-12-10)7-14-11(8)13-6-1/h1,3,6-7,10,12H,2,4-5H2. The van der Waals surface area contributed by atoms with Crippen LogP contribution in [0.1, 0.15) is 24.4 Å². The van der Waals surface area contributed by atoms with Gasteiger partial charge in [-0.2, -0.15) is 0 Å². The van der Waals surface area contributed by atoms with Crippen molar-refractivity contribution in [1.82, 2.24) is 10.3 Å². The third-order valence-corrected chi connectivity index (χ3v) is 2.82. The minimum absolute atomic E-state index is 0.459. The topological polar surface area (TPSA) is 38.1 Å². The van der Waals surface area contributed by atoms with Gasteiger partial charge in [-0.05, 0) is 31.5 Å². The Labute approximate surface area is 82.1 Å². The Bertz CT molecular complexity index is 443. The lowest BCUT2D eigenvalue weighted by Gasteiger charge is -2.06. The fourth-order valence-electron chi connectivity index (χ4n) is 2.11. The largest absolute Gasteiger partial charge is 0.446 e. The molecule has 3 heterocycles. The minimum Gasteiger partial charge on any atom is -0.446 e. The predicted octanol–water partition coefficient (Wildman–Crippen LogP) is 2.25. The van der Waals surface area contributed by atoms with Gasteiger partial charge in [0, 0.05) is 23.2 Å². The molecule has 0 saturated carbocycles. The molecule has 1 aliphatic rings. The second-order valence-corrected chi connectivity index (χ2v) is 3.70. The average Bonchev–Trinajstić information content (AvgIpc) is 2.85. The Morgan fingerprint density at radius 2 is 2.50 bits per heavy atom. The van der Waals surface area contributed by atoms with E-state index in [1.165, 1.54) is 18.4 Å². The summed E-state index contributed by atoms with van der Waals surface area (Å²) >= 11 is 0. The summed E-state index contributed by atoms with van der Waals surface area (Å²) in [6.07, 6.45) is 6.04. The van der Waals surface area contributed by atoms with Crippen LogP contribution in [0.4, 0.5) is 0 Å². The third-order valence-electron chi connectivity index (χ3n) is 2.82. The van der Waals surface area contributed by atoms with Crippen molar-refractivity contribution in [3.63, 3.8) is 0 Å². The van der Waals surface area contributed by atoms with E-state index in [9.17, 15) is 0 Å². The molecule has 0 aliphatic carbocycles. The van der Waals surface area contributed by atoms with Gasteiger partial charge >= 0.3 is 0 Å². The maximum atomic E-state index is 5.41. The highest BCUT2D eigenvalue weighted by molar-refractivity contribution is 5.77. The first kappa shape index (κ1) is 8.00. The lowest BCUT2D eigenvalue weighted by Crippen LogP contribution is -2.12. The highest BCUT2D eigenvalue weighted by Crippen LogP contribution is 2.29. The van der Waals surface area contributed by atoms with Gasteiger partial charge in [-0.1, -0.05) is 0 Å². The Kier molecular flexibility index (Phi) is 1.77. The Hall–Kier alpha value is -1.35. The lowest BCUT2D eigenvalue weighted by atomic mass is 10.1. The fraction of sp³-hybridized carbons (Fsp3) is 0.364. The molecule has 3 heteroatoms. The van der Waals surface area contributed by atoms with Crippen LogP contribution in [0, 0.1) is 0 Å². The van der Waals surface area contributed by atoms with Gasteiger partial charge in [-0.3, -0.25) is 0 Å². The lowest BCUT2D eigenvalue weighted by molar-refractivity contribution is 0.578. The molecule has 0 spiro atoms. The van der Waals surface area contributed by atoms with Gasteiger partial charge in [0.15, 0.2) is 0 Å². The maximum Gasteiger partial charge on any atom is 0.226 e. The smallest absolute Gasteiger partial charge is 0.226 e. The van der Waals surface area contributed by atoms with Crippen LogP contribution in [0.15, 0.2) is 29.0 Å². The Balaban J connectivity index is 2.11. The highest BCUT2D eigenvalue weighted by Gasteiger charge is 2.20. The third kappa shape index (κ3) is 1.13. The van der Waals surface area contributed by atoms with Crippen molar-refractivity contribution in [2.24, 2.45) is 0 Å². The molecule has 3 rings (SSSR count). The number of furan rings is 1.